The van der Waals surface area contributed by atoms with Gasteiger partial charge in [-0.3, -0.25) is 9.97 Å². The first-order valence-electron chi connectivity index (χ1n) is 18.4. The van der Waals surface area contributed by atoms with Crippen molar-refractivity contribution in [2.24, 2.45) is 0 Å². The molecule has 4 aromatic heterocycles. The summed E-state index contributed by atoms with van der Waals surface area (Å²) in [6.45, 7) is 1.97. The molecule has 2 aliphatic heterocycles. The Labute approximate surface area is 305 Å². The molecule has 3 aromatic carbocycles. The van der Waals surface area contributed by atoms with E-state index in [4.69, 9.17) is 0 Å². The van der Waals surface area contributed by atoms with Crippen molar-refractivity contribution < 1.29 is 9.13 Å². The lowest BCUT2D eigenvalue weighted by molar-refractivity contribution is -0.689. The Morgan fingerprint density at radius 2 is 0.885 bits per heavy atom. The van der Waals surface area contributed by atoms with Crippen LogP contribution in [0, 0.1) is 0 Å². The van der Waals surface area contributed by atoms with Crippen LogP contribution in [-0.2, 0) is 25.9 Å². The topological polar surface area (TPSA) is 33.5 Å². The molecule has 0 N–H and O–H groups in total. The molecule has 2 aliphatic rings. The predicted octanol–water partition coefficient (Wildman–Crippen LogP) is 9.95. The maximum absolute atomic E-state index is 4.51. The normalized spacial score (nSPS) is 13.5. The minimum atomic E-state index is 0.986. The summed E-state index contributed by atoms with van der Waals surface area (Å²) in [5, 5.41) is 0. The van der Waals surface area contributed by atoms with Gasteiger partial charge in [0.05, 0.1) is 22.5 Å². The summed E-state index contributed by atoms with van der Waals surface area (Å²) in [5.74, 6) is 0. The van der Waals surface area contributed by atoms with Crippen molar-refractivity contribution in [3.8, 4) is 45.0 Å². The molecule has 52 heavy (non-hydrogen) atoms. The molecular formula is C48H40N4+2. The number of aryl methyl sites for hydroxylation is 2. The van der Waals surface area contributed by atoms with Crippen LogP contribution in [0.15, 0.2) is 146 Å². The average Bonchev–Trinajstić information content (AvgIpc) is 3.53. The zero-order chi connectivity index (χ0) is 34.7. The lowest BCUT2D eigenvalue weighted by Gasteiger charge is -2.14. The second-order valence-electron chi connectivity index (χ2n) is 13.7. The van der Waals surface area contributed by atoms with Gasteiger partial charge in [-0.1, -0.05) is 72.8 Å². The lowest BCUT2D eigenvalue weighted by atomic mass is 9.88. The van der Waals surface area contributed by atoms with Crippen LogP contribution in [0.5, 0.6) is 0 Å². The van der Waals surface area contributed by atoms with E-state index in [0.717, 1.165) is 61.3 Å². The van der Waals surface area contributed by atoms with E-state index < -0.39 is 0 Å². The van der Waals surface area contributed by atoms with E-state index >= 15 is 0 Å². The van der Waals surface area contributed by atoms with Gasteiger partial charge < -0.3 is 0 Å². The largest absolute Gasteiger partial charge is 0.256 e. The molecule has 9 rings (SSSR count). The minimum Gasteiger partial charge on any atom is -0.256 e. The number of rotatable bonds is 6. The summed E-state index contributed by atoms with van der Waals surface area (Å²) < 4.78 is 5.08. The Morgan fingerprint density at radius 3 is 1.31 bits per heavy atom. The lowest BCUT2D eigenvalue weighted by Crippen LogP contribution is -2.40. The van der Waals surface area contributed by atoms with Crippen molar-refractivity contribution in [1.82, 2.24) is 9.97 Å². The third-order valence-corrected chi connectivity index (χ3v) is 10.4. The number of hydrogen-bond acceptors (Lipinski definition) is 2. The molecule has 4 nitrogen and oxygen atoms in total. The van der Waals surface area contributed by atoms with Crippen LogP contribution in [-0.4, -0.2) is 9.97 Å². The summed E-state index contributed by atoms with van der Waals surface area (Å²) in [6.07, 6.45) is 17.1. The molecule has 4 heteroatoms. The van der Waals surface area contributed by atoms with E-state index in [0.29, 0.717) is 0 Å². The number of benzene rings is 3. The first kappa shape index (κ1) is 31.7. The summed E-state index contributed by atoms with van der Waals surface area (Å²) in [4.78, 5) is 9.02. The monoisotopic (exact) mass is 672 g/mol. The average molecular weight is 673 g/mol. The van der Waals surface area contributed by atoms with Crippen molar-refractivity contribution in [2.45, 2.75) is 38.8 Å². The predicted molar refractivity (Wildman–Crippen MR) is 212 cm³/mol. The number of pyridine rings is 4. The van der Waals surface area contributed by atoms with Gasteiger partial charge in [-0.2, -0.15) is 9.13 Å². The second-order valence-corrected chi connectivity index (χ2v) is 13.7. The van der Waals surface area contributed by atoms with Gasteiger partial charge in [-0.15, -0.1) is 0 Å². The highest BCUT2D eigenvalue weighted by Crippen LogP contribution is 2.39. The van der Waals surface area contributed by atoms with Crippen molar-refractivity contribution in [2.75, 3.05) is 0 Å². The molecule has 0 bridgehead atoms. The molecular weight excluding hydrogens is 633 g/mol. The molecule has 7 aromatic rings. The maximum Gasteiger partial charge on any atom is 0.214 e. The fraction of sp³-hybridized carbons (Fsp3) is 0.125. The fourth-order valence-corrected chi connectivity index (χ4v) is 7.85. The fourth-order valence-electron chi connectivity index (χ4n) is 7.85. The Kier molecular flexibility index (Phi) is 8.63. The minimum absolute atomic E-state index is 0.986. The van der Waals surface area contributed by atoms with E-state index in [1.165, 1.54) is 56.2 Å². The van der Waals surface area contributed by atoms with E-state index in [9.17, 15) is 0 Å². The van der Waals surface area contributed by atoms with E-state index in [-0.39, 0.29) is 0 Å². The summed E-state index contributed by atoms with van der Waals surface area (Å²) in [7, 11) is 0. The summed E-state index contributed by atoms with van der Waals surface area (Å²) in [5.41, 5.74) is 17.3. The Bertz CT molecular complexity index is 2250. The molecule has 0 unspecified atom stereocenters. The molecule has 0 saturated carbocycles. The molecule has 6 heterocycles. The zero-order valence-corrected chi connectivity index (χ0v) is 29.2. The number of aromatic nitrogens is 4. The highest BCUT2D eigenvalue weighted by Gasteiger charge is 2.32. The third kappa shape index (κ3) is 6.29. The van der Waals surface area contributed by atoms with Gasteiger partial charge in [-0.05, 0) is 83.6 Å². The second kappa shape index (κ2) is 14.2. The van der Waals surface area contributed by atoms with Gasteiger partial charge in [0.2, 0.25) is 22.8 Å². The molecule has 0 fully saturated rings. The first-order valence-corrected chi connectivity index (χ1v) is 18.4. The van der Waals surface area contributed by atoms with Crippen LogP contribution in [0.1, 0.15) is 46.5 Å². The van der Waals surface area contributed by atoms with Crippen LogP contribution in [0.2, 0.25) is 0 Å². The third-order valence-electron chi connectivity index (χ3n) is 10.4. The summed E-state index contributed by atoms with van der Waals surface area (Å²) in [6, 6.07) is 47.9. The standard InChI is InChI=1S/C48H40N4/c1-3-31-49-43(13-1)37-23-17-35(18-24-37)21-29-41-11-5-15-45-47-39(9-7-33-51(41)45)27-28-40-10-8-34-52-42(12-6-16-46(52)48(40)47)30-22-36-19-25-38(26-20-36)44-14-2-4-32-50-44/h1-6,11-32H,7-10,33-34H2/q+2. The Balaban J connectivity index is 1.07. The molecule has 0 atom stereocenters. The number of hydrogen-bond donors (Lipinski definition) is 0. The van der Waals surface area contributed by atoms with Gasteiger partial charge in [0, 0.05) is 72.8 Å². The molecule has 0 aliphatic carbocycles. The Morgan fingerprint density at radius 1 is 0.423 bits per heavy atom. The molecule has 250 valence electrons. The summed E-state index contributed by atoms with van der Waals surface area (Å²) >= 11 is 0. The van der Waals surface area contributed by atoms with E-state index in [1.807, 2.05) is 36.7 Å². The van der Waals surface area contributed by atoms with Crippen LogP contribution < -0.4 is 9.13 Å². The molecule has 0 radical (unpaired) electrons. The van der Waals surface area contributed by atoms with E-state index in [2.05, 4.69) is 153 Å². The highest BCUT2D eigenvalue weighted by molar-refractivity contribution is 5.84. The van der Waals surface area contributed by atoms with E-state index in [1.54, 1.807) is 0 Å². The van der Waals surface area contributed by atoms with Crippen molar-refractivity contribution in [3.05, 3.63) is 179 Å². The van der Waals surface area contributed by atoms with Gasteiger partial charge in [0.1, 0.15) is 13.1 Å². The van der Waals surface area contributed by atoms with Gasteiger partial charge in [0.15, 0.2) is 0 Å². The van der Waals surface area contributed by atoms with Crippen molar-refractivity contribution in [3.63, 3.8) is 0 Å². The van der Waals surface area contributed by atoms with Crippen LogP contribution in [0.3, 0.4) is 0 Å². The Hall–Kier alpha value is -6.26. The quantitative estimate of drug-likeness (QED) is 0.165. The number of fused-ring (bicyclic) bond motifs is 7. The smallest absolute Gasteiger partial charge is 0.214 e. The molecule has 0 spiro atoms. The SMILES string of the molecule is C(=Cc1cccc2[n+]1CCCc1ccc3c(c1-2)-c1cccc(C=Cc2ccc(-c4ccccn4)cc2)[n+]1CCC3)c1ccc(-c2ccccn2)cc1. The van der Waals surface area contributed by atoms with Gasteiger partial charge >= 0.3 is 0 Å². The maximum atomic E-state index is 4.51. The number of nitrogens with zero attached hydrogens (tertiary/aromatic N) is 4. The van der Waals surface area contributed by atoms with Gasteiger partial charge in [-0.25, -0.2) is 0 Å². The molecule has 0 saturated heterocycles. The van der Waals surface area contributed by atoms with Crippen molar-refractivity contribution >= 4 is 24.3 Å². The van der Waals surface area contributed by atoms with Gasteiger partial charge in [0.25, 0.3) is 0 Å². The van der Waals surface area contributed by atoms with Crippen LogP contribution in [0.4, 0.5) is 0 Å². The van der Waals surface area contributed by atoms with Crippen molar-refractivity contribution in [1.29, 1.82) is 0 Å². The van der Waals surface area contributed by atoms with Crippen LogP contribution >= 0.6 is 0 Å². The first-order chi connectivity index (χ1) is 25.8. The highest BCUT2D eigenvalue weighted by atomic mass is 15.0. The zero-order valence-electron chi connectivity index (χ0n) is 29.2. The molecule has 0 amide bonds. The van der Waals surface area contributed by atoms with Crippen LogP contribution in [0.25, 0.3) is 69.3 Å².